The van der Waals surface area contributed by atoms with Crippen LogP contribution in [0.2, 0.25) is 0 Å². The Balaban J connectivity index is 2.18. The number of carbonyl (C=O) groups is 2. The molecule has 0 aliphatic heterocycles. The minimum atomic E-state index is -0.493. The zero-order valence-electron chi connectivity index (χ0n) is 16.5. The van der Waals surface area contributed by atoms with Crippen molar-refractivity contribution in [2.75, 3.05) is 19.5 Å². The quantitative estimate of drug-likeness (QED) is 0.757. The van der Waals surface area contributed by atoms with Gasteiger partial charge in [0, 0.05) is 17.8 Å². The van der Waals surface area contributed by atoms with Crippen LogP contribution in [0.4, 0.5) is 10.5 Å². The number of hydrogen-bond donors (Lipinski definition) is 2. The molecular formula is C19H26N4O4. The van der Waals surface area contributed by atoms with Gasteiger partial charge >= 0.3 is 12.0 Å². The highest BCUT2D eigenvalue weighted by Gasteiger charge is 2.20. The average molecular weight is 374 g/mol. The molecule has 1 aromatic heterocycles. The molecule has 0 saturated heterocycles. The van der Waals surface area contributed by atoms with Gasteiger partial charge in [-0.25, -0.2) is 9.59 Å². The number of carbonyl (C=O) groups excluding carboxylic acids is 2. The molecule has 2 rings (SSSR count). The standard InChI is InChI=1S/C19H26N4O4/c1-7-23-13(4)17(12(3)22-23)11(2)20-19(25)21-15-10-14(18(24)27-6)8-9-16(15)26-5/h8-11H,7H2,1-6H3,(H2,20,21,25). The Morgan fingerprint density at radius 1 is 1.26 bits per heavy atom. The van der Waals surface area contributed by atoms with Crippen LogP contribution in [0.5, 0.6) is 5.75 Å². The number of urea groups is 1. The molecule has 8 heteroatoms. The maximum atomic E-state index is 12.5. The lowest BCUT2D eigenvalue weighted by Crippen LogP contribution is -2.31. The Hall–Kier alpha value is -3.03. The van der Waals surface area contributed by atoms with E-state index < -0.39 is 12.0 Å². The number of anilines is 1. The predicted molar refractivity (Wildman–Crippen MR) is 102 cm³/mol. The normalized spacial score (nSPS) is 11.6. The Morgan fingerprint density at radius 2 is 1.96 bits per heavy atom. The van der Waals surface area contributed by atoms with Gasteiger partial charge in [0.2, 0.25) is 0 Å². The summed E-state index contributed by atoms with van der Waals surface area (Å²) < 4.78 is 11.9. The van der Waals surface area contributed by atoms with E-state index in [1.165, 1.54) is 20.3 Å². The second kappa shape index (κ2) is 8.57. The first-order chi connectivity index (χ1) is 12.8. The third kappa shape index (κ3) is 4.39. The van der Waals surface area contributed by atoms with E-state index in [1.807, 2.05) is 32.4 Å². The molecule has 0 fully saturated rings. The molecule has 0 saturated carbocycles. The molecule has 0 bridgehead atoms. The Kier molecular flexibility index (Phi) is 6.44. The first-order valence-corrected chi connectivity index (χ1v) is 8.70. The largest absolute Gasteiger partial charge is 0.495 e. The van der Waals surface area contributed by atoms with Crippen molar-refractivity contribution in [1.82, 2.24) is 15.1 Å². The maximum absolute atomic E-state index is 12.5. The SMILES string of the molecule is CCn1nc(C)c(C(C)NC(=O)Nc2cc(C(=O)OC)ccc2OC)c1C. The second-order valence-electron chi connectivity index (χ2n) is 6.13. The molecule has 2 aromatic rings. The number of aryl methyl sites for hydroxylation is 2. The number of amides is 2. The van der Waals surface area contributed by atoms with E-state index in [0.717, 1.165) is 23.5 Å². The van der Waals surface area contributed by atoms with Crippen LogP contribution in [0, 0.1) is 13.8 Å². The van der Waals surface area contributed by atoms with Crippen LogP contribution in [-0.2, 0) is 11.3 Å². The van der Waals surface area contributed by atoms with Gasteiger partial charge in [-0.3, -0.25) is 4.68 Å². The fourth-order valence-corrected chi connectivity index (χ4v) is 3.12. The summed E-state index contributed by atoms with van der Waals surface area (Å²) in [5, 5.41) is 10.1. The molecule has 0 aliphatic rings. The minimum absolute atomic E-state index is 0.236. The molecule has 2 amide bonds. The van der Waals surface area contributed by atoms with Gasteiger partial charge in [-0.2, -0.15) is 5.10 Å². The lowest BCUT2D eigenvalue weighted by atomic mass is 10.1. The van der Waals surface area contributed by atoms with Gasteiger partial charge in [-0.15, -0.1) is 0 Å². The molecule has 8 nitrogen and oxygen atoms in total. The number of hydrogen-bond acceptors (Lipinski definition) is 5. The van der Waals surface area contributed by atoms with Crippen LogP contribution in [-0.4, -0.2) is 36.0 Å². The third-order valence-corrected chi connectivity index (χ3v) is 4.39. The van der Waals surface area contributed by atoms with Gasteiger partial charge in [0.15, 0.2) is 0 Å². The van der Waals surface area contributed by atoms with E-state index in [2.05, 4.69) is 15.7 Å². The van der Waals surface area contributed by atoms with Crippen molar-refractivity contribution in [3.8, 4) is 5.75 Å². The lowest BCUT2D eigenvalue weighted by molar-refractivity contribution is 0.0600. The molecule has 0 aliphatic carbocycles. The van der Waals surface area contributed by atoms with Gasteiger partial charge < -0.3 is 20.1 Å². The summed E-state index contributed by atoms with van der Waals surface area (Å²) in [5.74, 6) is -0.0515. The average Bonchev–Trinajstić information content (AvgIpc) is 2.94. The number of aromatic nitrogens is 2. The summed E-state index contributed by atoms with van der Waals surface area (Å²) in [6.45, 7) is 8.60. The fourth-order valence-electron chi connectivity index (χ4n) is 3.12. The highest BCUT2D eigenvalue weighted by atomic mass is 16.5. The van der Waals surface area contributed by atoms with Crippen LogP contribution < -0.4 is 15.4 Å². The third-order valence-electron chi connectivity index (χ3n) is 4.39. The van der Waals surface area contributed by atoms with E-state index in [4.69, 9.17) is 9.47 Å². The molecule has 1 atom stereocenters. The molecule has 1 aromatic carbocycles. The van der Waals surface area contributed by atoms with Crippen LogP contribution in [0.1, 0.15) is 47.2 Å². The van der Waals surface area contributed by atoms with Crippen LogP contribution >= 0.6 is 0 Å². The van der Waals surface area contributed by atoms with Crippen molar-refractivity contribution in [3.63, 3.8) is 0 Å². The second-order valence-corrected chi connectivity index (χ2v) is 6.13. The van der Waals surface area contributed by atoms with Gasteiger partial charge in [0.05, 0.1) is 37.2 Å². The zero-order chi connectivity index (χ0) is 20.1. The first kappa shape index (κ1) is 20.3. The molecular weight excluding hydrogens is 348 g/mol. The van der Waals surface area contributed by atoms with E-state index >= 15 is 0 Å². The number of methoxy groups -OCH3 is 2. The van der Waals surface area contributed by atoms with Gasteiger partial charge in [-0.05, 0) is 45.9 Å². The minimum Gasteiger partial charge on any atom is -0.495 e. The molecule has 27 heavy (non-hydrogen) atoms. The van der Waals surface area contributed by atoms with Crippen molar-refractivity contribution in [2.24, 2.45) is 0 Å². The number of ether oxygens (including phenoxy) is 2. The summed E-state index contributed by atoms with van der Waals surface area (Å²) in [7, 11) is 2.79. The number of nitrogens with zero attached hydrogens (tertiary/aromatic N) is 2. The Bertz CT molecular complexity index is 844. The van der Waals surface area contributed by atoms with E-state index in [1.54, 1.807) is 12.1 Å². The summed E-state index contributed by atoms with van der Waals surface area (Å²) in [4.78, 5) is 24.2. The number of rotatable bonds is 6. The number of esters is 1. The summed E-state index contributed by atoms with van der Waals surface area (Å²) in [6.07, 6.45) is 0. The summed E-state index contributed by atoms with van der Waals surface area (Å²) in [6, 6.07) is 4.04. The number of nitrogens with one attached hydrogen (secondary N) is 2. The van der Waals surface area contributed by atoms with Gasteiger partial charge in [-0.1, -0.05) is 0 Å². The molecule has 146 valence electrons. The maximum Gasteiger partial charge on any atom is 0.337 e. The van der Waals surface area contributed by atoms with Crippen LogP contribution in [0.15, 0.2) is 18.2 Å². The van der Waals surface area contributed by atoms with Crippen molar-refractivity contribution >= 4 is 17.7 Å². The number of benzene rings is 1. The molecule has 2 N–H and O–H groups in total. The van der Waals surface area contributed by atoms with Gasteiger partial charge in [0.25, 0.3) is 0 Å². The van der Waals surface area contributed by atoms with Crippen molar-refractivity contribution in [1.29, 1.82) is 0 Å². The molecule has 0 radical (unpaired) electrons. The van der Waals surface area contributed by atoms with Gasteiger partial charge in [0.1, 0.15) is 5.75 Å². The highest BCUT2D eigenvalue weighted by Crippen LogP contribution is 2.26. The summed E-state index contributed by atoms with van der Waals surface area (Å²) in [5.41, 5.74) is 3.59. The Morgan fingerprint density at radius 3 is 2.52 bits per heavy atom. The topological polar surface area (TPSA) is 94.5 Å². The fraction of sp³-hybridized carbons (Fsp3) is 0.421. The van der Waals surface area contributed by atoms with Crippen molar-refractivity contribution in [3.05, 3.63) is 40.7 Å². The van der Waals surface area contributed by atoms with Crippen LogP contribution in [0.25, 0.3) is 0 Å². The van der Waals surface area contributed by atoms with E-state index in [0.29, 0.717) is 17.0 Å². The van der Waals surface area contributed by atoms with E-state index in [-0.39, 0.29) is 6.04 Å². The van der Waals surface area contributed by atoms with Crippen LogP contribution in [0.3, 0.4) is 0 Å². The lowest BCUT2D eigenvalue weighted by Gasteiger charge is -2.17. The smallest absolute Gasteiger partial charge is 0.337 e. The highest BCUT2D eigenvalue weighted by molar-refractivity contribution is 5.95. The van der Waals surface area contributed by atoms with Crippen molar-refractivity contribution in [2.45, 2.75) is 40.3 Å². The first-order valence-electron chi connectivity index (χ1n) is 8.70. The molecule has 1 heterocycles. The van der Waals surface area contributed by atoms with E-state index in [9.17, 15) is 9.59 Å². The Labute approximate surface area is 158 Å². The zero-order valence-corrected chi connectivity index (χ0v) is 16.5. The molecule has 1 unspecified atom stereocenters. The monoisotopic (exact) mass is 374 g/mol. The van der Waals surface area contributed by atoms with Crippen molar-refractivity contribution < 1.29 is 19.1 Å². The summed E-state index contributed by atoms with van der Waals surface area (Å²) >= 11 is 0. The predicted octanol–water partition coefficient (Wildman–Crippen LogP) is 3.20. The molecule has 0 spiro atoms.